The zero-order chi connectivity index (χ0) is 14.8. The van der Waals surface area contributed by atoms with Gasteiger partial charge in [-0.2, -0.15) is 0 Å². The quantitative estimate of drug-likeness (QED) is 0.845. The van der Waals surface area contributed by atoms with E-state index in [0.29, 0.717) is 6.42 Å². The Morgan fingerprint density at radius 2 is 1.70 bits per heavy atom. The summed E-state index contributed by atoms with van der Waals surface area (Å²) >= 11 is 0. The molecule has 0 N–H and O–H groups in total. The number of carbonyl (C=O) groups is 1. The predicted molar refractivity (Wildman–Crippen MR) is 81.1 cm³/mol. The topological polar surface area (TPSA) is 29.5 Å². The van der Waals surface area contributed by atoms with Gasteiger partial charge < -0.3 is 4.74 Å². The van der Waals surface area contributed by atoms with Crippen LogP contribution in [0.3, 0.4) is 0 Å². The summed E-state index contributed by atoms with van der Waals surface area (Å²) in [5.74, 6) is 0.282. The van der Waals surface area contributed by atoms with Gasteiger partial charge in [0.15, 0.2) is 5.78 Å². The summed E-state index contributed by atoms with van der Waals surface area (Å²) in [5, 5.41) is 0. The Kier molecular flexibility index (Phi) is 4.61. The number of aryl methyl sites for hydroxylation is 2. The molecule has 3 heteroatoms. The van der Waals surface area contributed by atoms with Crippen molar-refractivity contribution in [3.8, 4) is 0 Å². The number of hydrogen-bond acceptors (Lipinski definition) is 3. The molecule has 0 unspecified atom stereocenters. The lowest BCUT2D eigenvalue weighted by atomic mass is 9.90. The second-order valence-corrected chi connectivity index (χ2v) is 6.25. The van der Waals surface area contributed by atoms with Crippen LogP contribution in [0.4, 0.5) is 0 Å². The van der Waals surface area contributed by atoms with Gasteiger partial charge in [-0.1, -0.05) is 29.3 Å². The van der Waals surface area contributed by atoms with Crippen molar-refractivity contribution in [2.24, 2.45) is 0 Å². The smallest absolute Gasteiger partial charge is 0.156 e. The zero-order valence-electron chi connectivity index (χ0n) is 13.0. The lowest BCUT2D eigenvalue weighted by Gasteiger charge is -2.39. The molecule has 1 saturated heterocycles. The van der Waals surface area contributed by atoms with Crippen LogP contribution in [0.1, 0.15) is 30.5 Å². The van der Waals surface area contributed by atoms with Crippen LogP contribution in [0.15, 0.2) is 18.2 Å². The molecule has 3 nitrogen and oxygen atoms in total. The minimum atomic E-state index is -0.415. The van der Waals surface area contributed by atoms with Crippen LogP contribution >= 0.6 is 0 Å². The molecule has 0 atom stereocenters. The molecule has 0 radical (unpaired) electrons. The molecule has 110 valence electrons. The Morgan fingerprint density at radius 3 is 2.25 bits per heavy atom. The fourth-order valence-electron chi connectivity index (χ4n) is 2.87. The average Bonchev–Trinajstić information content (AvgIpc) is 2.38. The minimum Gasteiger partial charge on any atom is -0.379 e. The summed E-state index contributed by atoms with van der Waals surface area (Å²) in [6, 6.07) is 6.36. The first-order valence-electron chi connectivity index (χ1n) is 7.33. The van der Waals surface area contributed by atoms with E-state index in [9.17, 15) is 4.79 Å². The van der Waals surface area contributed by atoms with E-state index in [0.717, 1.165) is 31.9 Å². The molecule has 1 aromatic rings. The van der Waals surface area contributed by atoms with Crippen molar-refractivity contribution in [3.05, 3.63) is 34.9 Å². The van der Waals surface area contributed by atoms with Crippen LogP contribution in [0, 0.1) is 13.8 Å². The van der Waals surface area contributed by atoms with Crippen LogP contribution in [0.25, 0.3) is 0 Å². The van der Waals surface area contributed by atoms with E-state index in [-0.39, 0.29) is 5.78 Å². The first-order valence-corrected chi connectivity index (χ1v) is 7.33. The van der Waals surface area contributed by atoms with Gasteiger partial charge in [0, 0.05) is 19.5 Å². The highest BCUT2D eigenvalue weighted by Gasteiger charge is 2.34. The minimum absolute atomic E-state index is 0.282. The second-order valence-electron chi connectivity index (χ2n) is 6.25. The van der Waals surface area contributed by atoms with Gasteiger partial charge in [-0.15, -0.1) is 0 Å². The number of carbonyl (C=O) groups excluding carboxylic acids is 1. The van der Waals surface area contributed by atoms with E-state index in [2.05, 4.69) is 36.9 Å². The number of benzene rings is 1. The lowest BCUT2D eigenvalue weighted by molar-refractivity contribution is -0.131. The predicted octanol–water partition coefficient (Wildman–Crippen LogP) is 2.53. The second kappa shape index (κ2) is 6.06. The maximum atomic E-state index is 12.7. The third kappa shape index (κ3) is 3.47. The van der Waals surface area contributed by atoms with E-state index < -0.39 is 5.54 Å². The third-order valence-electron chi connectivity index (χ3n) is 4.13. The number of hydrogen-bond donors (Lipinski definition) is 0. The maximum Gasteiger partial charge on any atom is 0.156 e. The summed E-state index contributed by atoms with van der Waals surface area (Å²) in [4.78, 5) is 14.9. The van der Waals surface area contributed by atoms with Crippen molar-refractivity contribution in [2.45, 2.75) is 39.7 Å². The van der Waals surface area contributed by atoms with Gasteiger partial charge in [0.05, 0.1) is 18.8 Å². The highest BCUT2D eigenvalue weighted by Crippen LogP contribution is 2.20. The van der Waals surface area contributed by atoms with E-state index in [1.165, 1.54) is 11.1 Å². The molecular weight excluding hydrogens is 250 g/mol. The zero-order valence-corrected chi connectivity index (χ0v) is 13.0. The summed E-state index contributed by atoms with van der Waals surface area (Å²) in [7, 11) is 0. The van der Waals surface area contributed by atoms with Gasteiger partial charge in [0.1, 0.15) is 0 Å². The Morgan fingerprint density at radius 1 is 1.15 bits per heavy atom. The van der Waals surface area contributed by atoms with Gasteiger partial charge in [0.2, 0.25) is 0 Å². The van der Waals surface area contributed by atoms with Gasteiger partial charge in [-0.25, -0.2) is 0 Å². The number of ketones is 1. The molecule has 1 heterocycles. The van der Waals surface area contributed by atoms with E-state index in [1.54, 1.807) is 0 Å². The van der Waals surface area contributed by atoms with E-state index in [4.69, 9.17) is 4.74 Å². The van der Waals surface area contributed by atoms with Gasteiger partial charge >= 0.3 is 0 Å². The molecule has 0 bridgehead atoms. The molecule has 1 fully saturated rings. The van der Waals surface area contributed by atoms with Gasteiger partial charge in [-0.05, 0) is 33.3 Å². The SMILES string of the molecule is Cc1cc(C)cc(CC(=O)C(C)(C)N2CCOCC2)c1. The summed E-state index contributed by atoms with van der Waals surface area (Å²) in [6.07, 6.45) is 0.507. The number of Topliss-reactive ketones (excluding diaryl/α,β-unsaturated/α-hetero) is 1. The lowest BCUT2D eigenvalue weighted by Crippen LogP contribution is -2.54. The number of ether oxygens (including phenoxy) is 1. The fraction of sp³-hybridized carbons (Fsp3) is 0.588. The molecule has 0 aliphatic carbocycles. The van der Waals surface area contributed by atoms with Crippen molar-refractivity contribution < 1.29 is 9.53 Å². The molecule has 20 heavy (non-hydrogen) atoms. The van der Waals surface area contributed by atoms with Crippen molar-refractivity contribution in [2.75, 3.05) is 26.3 Å². The average molecular weight is 275 g/mol. The first-order chi connectivity index (χ1) is 9.39. The summed E-state index contributed by atoms with van der Waals surface area (Å²) in [5.41, 5.74) is 3.14. The van der Waals surface area contributed by atoms with Crippen LogP contribution in [-0.2, 0) is 16.0 Å². The summed E-state index contributed by atoms with van der Waals surface area (Å²) < 4.78 is 5.37. The molecule has 0 spiro atoms. The molecule has 0 amide bonds. The third-order valence-corrected chi connectivity index (χ3v) is 4.13. The Labute approximate surface area is 121 Å². The molecule has 0 aromatic heterocycles. The maximum absolute atomic E-state index is 12.7. The van der Waals surface area contributed by atoms with E-state index in [1.807, 2.05) is 13.8 Å². The first kappa shape index (κ1) is 15.2. The fourth-order valence-corrected chi connectivity index (χ4v) is 2.87. The number of morpholine rings is 1. The molecule has 2 rings (SSSR count). The molecule has 1 aliphatic rings. The van der Waals surface area contributed by atoms with Crippen LogP contribution in [0.2, 0.25) is 0 Å². The summed E-state index contributed by atoms with van der Waals surface area (Å²) in [6.45, 7) is 11.3. The van der Waals surface area contributed by atoms with Crippen molar-refractivity contribution in [1.29, 1.82) is 0 Å². The van der Waals surface area contributed by atoms with Crippen molar-refractivity contribution >= 4 is 5.78 Å². The van der Waals surface area contributed by atoms with Gasteiger partial charge in [0.25, 0.3) is 0 Å². The van der Waals surface area contributed by atoms with Crippen LogP contribution < -0.4 is 0 Å². The standard InChI is InChI=1S/C17H25NO2/c1-13-9-14(2)11-15(10-13)12-16(19)17(3,4)18-5-7-20-8-6-18/h9-11H,5-8,12H2,1-4H3. The van der Waals surface area contributed by atoms with Crippen LogP contribution in [-0.4, -0.2) is 42.5 Å². The molecule has 1 aliphatic heterocycles. The van der Waals surface area contributed by atoms with Crippen molar-refractivity contribution in [1.82, 2.24) is 4.90 Å². The molecule has 0 saturated carbocycles. The Hall–Kier alpha value is -1.19. The number of nitrogens with zero attached hydrogens (tertiary/aromatic N) is 1. The largest absolute Gasteiger partial charge is 0.379 e. The Balaban J connectivity index is 2.09. The Bertz CT molecular complexity index is 468. The monoisotopic (exact) mass is 275 g/mol. The number of rotatable bonds is 4. The molecule has 1 aromatic carbocycles. The normalized spacial score (nSPS) is 17.2. The van der Waals surface area contributed by atoms with E-state index >= 15 is 0 Å². The highest BCUT2D eigenvalue weighted by molar-refractivity contribution is 5.89. The van der Waals surface area contributed by atoms with Crippen molar-refractivity contribution in [3.63, 3.8) is 0 Å². The molecular formula is C17H25NO2. The highest BCUT2D eigenvalue weighted by atomic mass is 16.5. The van der Waals surface area contributed by atoms with Gasteiger partial charge in [-0.3, -0.25) is 9.69 Å². The van der Waals surface area contributed by atoms with Crippen LogP contribution in [0.5, 0.6) is 0 Å².